The van der Waals surface area contributed by atoms with Crippen molar-refractivity contribution in [1.29, 1.82) is 0 Å². The van der Waals surface area contributed by atoms with Crippen molar-refractivity contribution in [1.82, 2.24) is 0 Å². The molecule has 1 aliphatic carbocycles. The summed E-state index contributed by atoms with van der Waals surface area (Å²) in [6.07, 6.45) is 5.38. The van der Waals surface area contributed by atoms with Gasteiger partial charge in [-0.15, -0.1) is 0 Å². The number of aliphatic imine (C=N–C) groups is 1. The summed E-state index contributed by atoms with van der Waals surface area (Å²) < 4.78 is 0. The predicted octanol–water partition coefficient (Wildman–Crippen LogP) is 4.88. The Labute approximate surface area is 110 Å². The molecule has 0 N–H and O–H groups in total. The van der Waals surface area contributed by atoms with Crippen LogP contribution in [0.4, 0.5) is 5.69 Å². The first-order valence-electron chi connectivity index (χ1n) is 7.35. The van der Waals surface area contributed by atoms with Crippen molar-refractivity contribution in [2.45, 2.75) is 51.9 Å². The maximum Gasteiger partial charge on any atom is 0.0671 e. The minimum atomic E-state index is 0.253. The average molecular weight is 241 g/mol. The molecule has 3 rings (SSSR count). The van der Waals surface area contributed by atoms with Gasteiger partial charge in [-0.25, -0.2) is 0 Å². The van der Waals surface area contributed by atoms with Gasteiger partial charge in [-0.05, 0) is 36.3 Å². The summed E-state index contributed by atoms with van der Waals surface area (Å²) in [6, 6.07) is 8.80. The van der Waals surface area contributed by atoms with Crippen LogP contribution in [-0.4, -0.2) is 5.71 Å². The zero-order chi connectivity index (χ0) is 12.8. The van der Waals surface area contributed by atoms with Gasteiger partial charge >= 0.3 is 0 Å². The Morgan fingerprint density at radius 3 is 2.72 bits per heavy atom. The molecule has 0 saturated heterocycles. The molecule has 2 aliphatic rings. The van der Waals surface area contributed by atoms with Crippen molar-refractivity contribution in [2.75, 3.05) is 0 Å². The molecule has 2 atom stereocenters. The molecular weight excluding hydrogens is 218 g/mol. The third-order valence-electron chi connectivity index (χ3n) is 4.93. The van der Waals surface area contributed by atoms with Gasteiger partial charge in [0.05, 0.1) is 5.69 Å². The molecule has 96 valence electrons. The van der Waals surface area contributed by atoms with Gasteiger partial charge in [-0.3, -0.25) is 4.99 Å². The number of fused-ring (bicyclic) bond motifs is 2. The lowest BCUT2D eigenvalue weighted by Gasteiger charge is -2.42. The van der Waals surface area contributed by atoms with Crippen LogP contribution in [0.5, 0.6) is 0 Å². The van der Waals surface area contributed by atoms with E-state index in [2.05, 4.69) is 45.0 Å². The zero-order valence-corrected chi connectivity index (χ0v) is 11.7. The Bertz CT molecular complexity index is 486. The fourth-order valence-electron chi connectivity index (χ4n) is 4.09. The summed E-state index contributed by atoms with van der Waals surface area (Å²) in [7, 11) is 0. The zero-order valence-electron chi connectivity index (χ0n) is 11.7. The highest BCUT2D eigenvalue weighted by Gasteiger charge is 2.48. The topological polar surface area (TPSA) is 12.4 Å². The Hall–Kier alpha value is -1.11. The van der Waals surface area contributed by atoms with Crippen LogP contribution in [0.3, 0.4) is 0 Å². The van der Waals surface area contributed by atoms with Crippen LogP contribution in [0, 0.1) is 11.8 Å². The number of rotatable bonds is 1. The van der Waals surface area contributed by atoms with Crippen molar-refractivity contribution >= 4 is 11.4 Å². The van der Waals surface area contributed by atoms with E-state index in [9.17, 15) is 0 Å². The lowest BCUT2D eigenvalue weighted by Crippen LogP contribution is -2.44. The molecule has 1 nitrogen and oxygen atoms in total. The minimum absolute atomic E-state index is 0.253. The van der Waals surface area contributed by atoms with Gasteiger partial charge in [0.1, 0.15) is 0 Å². The molecule has 1 saturated carbocycles. The lowest BCUT2D eigenvalue weighted by molar-refractivity contribution is 0.271. The van der Waals surface area contributed by atoms with Crippen LogP contribution >= 0.6 is 0 Å². The van der Waals surface area contributed by atoms with Crippen LogP contribution in [0.25, 0.3) is 0 Å². The minimum Gasteiger partial charge on any atom is -0.256 e. The molecule has 2 unspecified atom stereocenters. The van der Waals surface area contributed by atoms with Crippen LogP contribution in [0.1, 0.15) is 52.0 Å². The lowest BCUT2D eigenvalue weighted by atomic mass is 9.60. The fourth-order valence-corrected chi connectivity index (χ4v) is 4.09. The average Bonchev–Trinajstić information content (AvgIpc) is 2.69. The largest absolute Gasteiger partial charge is 0.256 e. The van der Waals surface area contributed by atoms with E-state index in [-0.39, 0.29) is 5.41 Å². The Morgan fingerprint density at radius 1 is 1.22 bits per heavy atom. The van der Waals surface area contributed by atoms with Crippen LogP contribution in [0.15, 0.2) is 29.3 Å². The number of benzene rings is 1. The molecule has 1 spiro atoms. The predicted molar refractivity (Wildman–Crippen MR) is 77.7 cm³/mol. The summed E-state index contributed by atoms with van der Waals surface area (Å²) >= 11 is 0. The summed E-state index contributed by atoms with van der Waals surface area (Å²) in [6.45, 7) is 7.03. The molecule has 0 amide bonds. The Kier molecular flexibility index (Phi) is 2.80. The third kappa shape index (κ3) is 1.49. The van der Waals surface area contributed by atoms with E-state index in [0.29, 0.717) is 5.92 Å². The van der Waals surface area contributed by atoms with E-state index in [0.717, 1.165) is 5.92 Å². The highest BCUT2D eigenvalue weighted by molar-refractivity contribution is 6.03. The molecule has 18 heavy (non-hydrogen) atoms. The molecule has 1 heteroatoms. The fraction of sp³-hybridized carbons (Fsp3) is 0.588. The van der Waals surface area contributed by atoms with Crippen molar-refractivity contribution < 1.29 is 0 Å². The van der Waals surface area contributed by atoms with Gasteiger partial charge < -0.3 is 0 Å². The first kappa shape index (κ1) is 12.0. The molecule has 1 fully saturated rings. The van der Waals surface area contributed by atoms with Gasteiger partial charge in [0.15, 0.2) is 0 Å². The number of para-hydroxylation sites is 1. The van der Waals surface area contributed by atoms with E-state index in [4.69, 9.17) is 4.99 Å². The van der Waals surface area contributed by atoms with Crippen LogP contribution in [0.2, 0.25) is 0 Å². The first-order chi connectivity index (χ1) is 8.66. The highest BCUT2D eigenvalue weighted by Crippen LogP contribution is 2.53. The van der Waals surface area contributed by atoms with E-state index in [1.165, 1.54) is 42.6 Å². The van der Waals surface area contributed by atoms with Crippen LogP contribution < -0.4 is 0 Å². The number of nitrogens with zero attached hydrogens (tertiary/aromatic N) is 1. The number of hydrogen-bond donors (Lipinski definition) is 0. The summed E-state index contributed by atoms with van der Waals surface area (Å²) in [5, 5.41) is 0. The van der Waals surface area contributed by atoms with Gasteiger partial charge in [0.2, 0.25) is 0 Å². The van der Waals surface area contributed by atoms with Gasteiger partial charge in [-0.1, -0.05) is 51.8 Å². The van der Waals surface area contributed by atoms with Crippen molar-refractivity contribution in [3.05, 3.63) is 29.8 Å². The quantitative estimate of drug-likeness (QED) is 0.664. The third-order valence-corrected chi connectivity index (χ3v) is 4.93. The van der Waals surface area contributed by atoms with E-state index < -0.39 is 0 Å². The van der Waals surface area contributed by atoms with Gasteiger partial charge in [0, 0.05) is 11.1 Å². The molecular formula is C17H23N. The second kappa shape index (κ2) is 4.22. The van der Waals surface area contributed by atoms with Crippen molar-refractivity contribution in [3.8, 4) is 0 Å². The molecule has 1 aliphatic heterocycles. The van der Waals surface area contributed by atoms with Crippen molar-refractivity contribution in [3.63, 3.8) is 0 Å². The maximum absolute atomic E-state index is 5.00. The molecule has 1 heterocycles. The second-order valence-electron chi connectivity index (χ2n) is 6.29. The Balaban J connectivity index is 2.18. The van der Waals surface area contributed by atoms with E-state index in [1.807, 2.05) is 0 Å². The van der Waals surface area contributed by atoms with Gasteiger partial charge in [0.25, 0.3) is 0 Å². The monoisotopic (exact) mass is 241 g/mol. The smallest absolute Gasteiger partial charge is 0.0671 e. The van der Waals surface area contributed by atoms with E-state index in [1.54, 1.807) is 0 Å². The molecule has 1 aromatic rings. The van der Waals surface area contributed by atoms with E-state index >= 15 is 0 Å². The standard InChI is InChI=1S/C17H23N/c1-12(2)16-17(11-7-6-8-13(17)3)14-9-4-5-10-15(14)18-16/h4-5,9-10,12-13H,6-8,11H2,1-3H3. The maximum atomic E-state index is 5.00. The summed E-state index contributed by atoms with van der Waals surface area (Å²) in [5.74, 6) is 1.29. The highest BCUT2D eigenvalue weighted by atomic mass is 14.8. The SMILES string of the molecule is CC(C)C1=Nc2ccccc2C12CCCCC2C. The molecule has 0 bridgehead atoms. The van der Waals surface area contributed by atoms with Crippen molar-refractivity contribution in [2.24, 2.45) is 16.8 Å². The molecule has 1 aromatic carbocycles. The summed E-state index contributed by atoms with van der Waals surface area (Å²) in [4.78, 5) is 5.00. The first-order valence-corrected chi connectivity index (χ1v) is 7.35. The summed E-state index contributed by atoms with van der Waals surface area (Å²) in [5.41, 5.74) is 4.43. The number of hydrogen-bond acceptors (Lipinski definition) is 1. The second-order valence-corrected chi connectivity index (χ2v) is 6.29. The Morgan fingerprint density at radius 2 is 2.00 bits per heavy atom. The normalized spacial score (nSPS) is 30.7. The molecule has 0 radical (unpaired) electrons. The molecule has 0 aromatic heterocycles. The van der Waals surface area contributed by atoms with Crippen LogP contribution in [-0.2, 0) is 5.41 Å². The van der Waals surface area contributed by atoms with Gasteiger partial charge in [-0.2, -0.15) is 0 Å².